The van der Waals surface area contributed by atoms with E-state index in [-0.39, 0.29) is 6.61 Å². The molecule has 0 radical (unpaired) electrons. The van der Waals surface area contributed by atoms with Crippen LogP contribution in [0.15, 0.2) is 0 Å². The van der Waals surface area contributed by atoms with Crippen LogP contribution >= 0.6 is 0 Å². The normalized spacial score (nSPS) is 36.7. The van der Waals surface area contributed by atoms with Gasteiger partial charge in [0.05, 0.1) is 0 Å². The molecule has 2 fully saturated rings. The molecule has 10 heteroatoms. The van der Waals surface area contributed by atoms with Gasteiger partial charge in [0.2, 0.25) is 0 Å². The molecule has 0 saturated carbocycles. The molecule has 0 aliphatic carbocycles. The van der Waals surface area contributed by atoms with E-state index in [1.54, 1.807) is 0 Å². The lowest BCUT2D eigenvalue weighted by molar-refractivity contribution is -0.265. The van der Waals surface area contributed by atoms with Crippen LogP contribution in [0.1, 0.15) is 27.7 Å². The van der Waals surface area contributed by atoms with E-state index < -0.39 is 54.4 Å². The first-order valence-corrected chi connectivity index (χ1v) is 7.55. The van der Waals surface area contributed by atoms with Crippen molar-refractivity contribution in [1.82, 2.24) is 0 Å². The number of hydrogen-bond donors (Lipinski definition) is 0. The number of nitrogens with zero attached hydrogens (tertiary/aromatic N) is 1. The Morgan fingerprint density at radius 1 is 1.04 bits per heavy atom. The maximum atomic E-state index is 11.5. The summed E-state index contributed by atoms with van der Waals surface area (Å²) in [7, 11) is 0. The molecular weight excluding hydrogens is 338 g/mol. The lowest BCUT2D eigenvalue weighted by atomic mass is 9.98. The van der Waals surface area contributed by atoms with E-state index in [9.17, 15) is 19.6 Å². The van der Waals surface area contributed by atoms with Gasteiger partial charge in [-0.15, -0.1) is 0 Å². The Bertz CT molecular complexity index is 600. The monoisotopic (exact) mass is 357 g/mol. The summed E-state index contributed by atoms with van der Waals surface area (Å²) in [4.78, 5) is 34.0. The summed E-state index contributed by atoms with van der Waals surface area (Å²) in [6, 6.07) is 1.83. The summed E-state index contributed by atoms with van der Waals surface area (Å²) in [5, 5.41) is 9.18. The minimum Gasteiger partial charge on any atom is -0.463 e. The summed E-state index contributed by atoms with van der Waals surface area (Å²) in [6.45, 7) is 4.67. The molecule has 0 aromatic carbocycles. The highest BCUT2D eigenvalue weighted by Gasteiger charge is 2.59. The third kappa shape index (κ3) is 4.45. The third-order valence-corrected chi connectivity index (χ3v) is 3.55. The van der Waals surface area contributed by atoms with Crippen molar-refractivity contribution >= 4 is 17.9 Å². The maximum absolute atomic E-state index is 11.5. The Hall–Kier alpha value is -2.22. The predicted molar refractivity (Wildman–Crippen MR) is 76.4 cm³/mol. The average Bonchev–Trinajstić information content (AvgIpc) is 2.84. The van der Waals surface area contributed by atoms with E-state index >= 15 is 0 Å². The number of fused-ring (bicyclic) bond motifs is 1. The molecule has 138 valence electrons. The Labute approximate surface area is 143 Å². The van der Waals surface area contributed by atoms with Crippen molar-refractivity contribution in [2.75, 3.05) is 6.61 Å². The van der Waals surface area contributed by atoms with E-state index in [0.717, 1.165) is 0 Å². The number of hydrogen-bond acceptors (Lipinski definition) is 10. The number of carbonyl (C=O) groups excluding carboxylic acids is 3. The van der Waals surface area contributed by atoms with Gasteiger partial charge in [0.1, 0.15) is 18.8 Å². The second kappa shape index (κ2) is 7.35. The van der Waals surface area contributed by atoms with Crippen LogP contribution in [-0.4, -0.2) is 61.0 Å². The zero-order chi connectivity index (χ0) is 18.8. The number of esters is 3. The quantitative estimate of drug-likeness (QED) is 0.492. The topological polar surface area (TPSA) is 130 Å². The van der Waals surface area contributed by atoms with Gasteiger partial charge in [-0.1, -0.05) is 0 Å². The third-order valence-electron chi connectivity index (χ3n) is 3.55. The Morgan fingerprint density at radius 3 is 2.16 bits per heavy atom. The van der Waals surface area contributed by atoms with Crippen LogP contribution in [0.25, 0.3) is 0 Å². The van der Waals surface area contributed by atoms with Gasteiger partial charge in [-0.3, -0.25) is 14.4 Å². The molecule has 6 atom stereocenters. The fourth-order valence-electron chi connectivity index (χ4n) is 2.65. The lowest BCUT2D eigenvalue weighted by Crippen LogP contribution is -2.60. The molecule has 0 aromatic heterocycles. The van der Waals surface area contributed by atoms with E-state index in [1.807, 2.05) is 6.07 Å². The van der Waals surface area contributed by atoms with Gasteiger partial charge in [0, 0.05) is 27.7 Å². The summed E-state index contributed by atoms with van der Waals surface area (Å²) in [6.07, 6.45) is -5.24. The standard InChI is InChI=1S/C15H19NO9/c1-7(17)20-5-10-11(21-8(2)18)12(22-9(3)19)13-14(23-10)25-15(4,6-16)24-13/h10-14H,5H2,1-4H3/t10?,11-,12-,13?,14-,15-/m0/s1. The second-order valence-electron chi connectivity index (χ2n) is 5.75. The Morgan fingerprint density at radius 2 is 1.64 bits per heavy atom. The van der Waals surface area contributed by atoms with Gasteiger partial charge in [-0.2, -0.15) is 5.26 Å². The summed E-state index contributed by atoms with van der Waals surface area (Å²) in [5.41, 5.74) is 0. The molecule has 0 aromatic rings. The van der Waals surface area contributed by atoms with Gasteiger partial charge in [0.15, 0.2) is 24.6 Å². The molecule has 2 aliphatic heterocycles. The first kappa shape index (κ1) is 19.1. The fourth-order valence-corrected chi connectivity index (χ4v) is 2.65. The smallest absolute Gasteiger partial charge is 0.303 e. The maximum Gasteiger partial charge on any atom is 0.303 e. The molecule has 2 rings (SSSR count). The van der Waals surface area contributed by atoms with Crippen LogP contribution in [0, 0.1) is 11.3 Å². The highest BCUT2D eigenvalue weighted by molar-refractivity contribution is 5.67. The predicted octanol–water partition coefficient (Wildman–Crippen LogP) is -0.207. The number of rotatable bonds is 4. The van der Waals surface area contributed by atoms with E-state index in [1.165, 1.54) is 27.7 Å². The molecule has 10 nitrogen and oxygen atoms in total. The number of ether oxygens (including phenoxy) is 6. The number of carbonyl (C=O) groups is 3. The first-order chi connectivity index (χ1) is 11.6. The summed E-state index contributed by atoms with van der Waals surface area (Å²) >= 11 is 0. The minimum absolute atomic E-state index is 0.263. The summed E-state index contributed by atoms with van der Waals surface area (Å²) < 4.78 is 31.9. The van der Waals surface area contributed by atoms with E-state index in [2.05, 4.69) is 0 Å². The summed E-state index contributed by atoms with van der Waals surface area (Å²) in [5.74, 6) is -3.49. The minimum atomic E-state index is -1.62. The van der Waals surface area contributed by atoms with Crippen molar-refractivity contribution in [2.24, 2.45) is 0 Å². The van der Waals surface area contributed by atoms with Crippen LogP contribution in [0.5, 0.6) is 0 Å². The van der Waals surface area contributed by atoms with Crippen LogP contribution in [0.3, 0.4) is 0 Å². The van der Waals surface area contributed by atoms with Gasteiger partial charge in [0.25, 0.3) is 5.79 Å². The molecule has 2 heterocycles. The molecule has 2 saturated heterocycles. The highest BCUT2D eigenvalue weighted by atomic mass is 16.8. The average molecular weight is 357 g/mol. The van der Waals surface area contributed by atoms with Gasteiger partial charge >= 0.3 is 17.9 Å². The molecular formula is C15H19NO9. The van der Waals surface area contributed by atoms with Crippen molar-refractivity contribution in [3.63, 3.8) is 0 Å². The van der Waals surface area contributed by atoms with Crippen molar-refractivity contribution in [3.05, 3.63) is 0 Å². The van der Waals surface area contributed by atoms with Crippen LogP contribution in [0.2, 0.25) is 0 Å². The highest BCUT2D eigenvalue weighted by Crippen LogP contribution is 2.38. The molecule has 25 heavy (non-hydrogen) atoms. The Kier molecular flexibility index (Phi) is 5.62. The first-order valence-electron chi connectivity index (χ1n) is 7.55. The van der Waals surface area contributed by atoms with E-state index in [0.29, 0.717) is 0 Å². The zero-order valence-electron chi connectivity index (χ0n) is 14.2. The van der Waals surface area contributed by atoms with Crippen LogP contribution in [0.4, 0.5) is 0 Å². The molecule has 0 bridgehead atoms. The van der Waals surface area contributed by atoms with Crippen molar-refractivity contribution in [2.45, 2.75) is 64.2 Å². The number of nitriles is 1. The van der Waals surface area contributed by atoms with Crippen molar-refractivity contribution in [1.29, 1.82) is 5.26 Å². The molecule has 0 spiro atoms. The van der Waals surface area contributed by atoms with E-state index in [4.69, 9.17) is 28.4 Å². The van der Waals surface area contributed by atoms with Gasteiger partial charge < -0.3 is 28.4 Å². The SMILES string of the molecule is CC(=O)OCC1O[C@H]2O[C@@](C)(C#N)OC2[C@@H](OC(C)=O)[C@H]1OC(C)=O. The van der Waals surface area contributed by atoms with Crippen LogP contribution < -0.4 is 0 Å². The fraction of sp³-hybridized carbons (Fsp3) is 0.733. The molecule has 0 N–H and O–H groups in total. The molecule has 2 unspecified atom stereocenters. The lowest BCUT2D eigenvalue weighted by Gasteiger charge is -2.40. The van der Waals surface area contributed by atoms with Gasteiger partial charge in [-0.25, -0.2) is 0 Å². The van der Waals surface area contributed by atoms with Crippen molar-refractivity contribution < 1.29 is 42.8 Å². The van der Waals surface area contributed by atoms with Gasteiger partial charge in [-0.05, 0) is 0 Å². The van der Waals surface area contributed by atoms with Crippen LogP contribution in [-0.2, 0) is 42.8 Å². The molecule has 2 aliphatic rings. The Balaban J connectivity index is 2.31. The largest absolute Gasteiger partial charge is 0.463 e. The van der Waals surface area contributed by atoms with Crippen molar-refractivity contribution in [3.8, 4) is 6.07 Å². The second-order valence-corrected chi connectivity index (χ2v) is 5.75. The zero-order valence-corrected chi connectivity index (χ0v) is 14.2. The molecule has 0 amide bonds.